The second-order valence-electron chi connectivity index (χ2n) is 4.76. The van der Waals surface area contributed by atoms with Crippen molar-refractivity contribution in [2.45, 2.75) is 38.8 Å². The first-order chi connectivity index (χ1) is 8.79. The summed E-state index contributed by atoms with van der Waals surface area (Å²) in [5, 5.41) is 18.2. The monoisotopic (exact) mass is 243 g/mol. The highest BCUT2D eigenvalue weighted by molar-refractivity contribution is 5.37. The first-order valence-electron chi connectivity index (χ1n) is 6.47. The van der Waals surface area contributed by atoms with Crippen molar-refractivity contribution in [2.24, 2.45) is 0 Å². The average Bonchev–Trinajstić information content (AvgIpc) is 3.05. The van der Waals surface area contributed by atoms with Crippen LogP contribution >= 0.6 is 0 Å². The number of hydrogen-bond donors (Lipinski definition) is 1. The molecule has 0 saturated carbocycles. The van der Waals surface area contributed by atoms with E-state index in [0.717, 1.165) is 24.2 Å². The Morgan fingerprint density at radius 3 is 3.00 bits per heavy atom. The lowest BCUT2D eigenvalue weighted by Gasteiger charge is -2.13. The molecule has 1 atom stereocenters. The number of aliphatic hydroxyl groups is 1. The van der Waals surface area contributed by atoms with Gasteiger partial charge in [-0.2, -0.15) is 0 Å². The molecule has 1 aromatic carbocycles. The fraction of sp³-hybridized carbons (Fsp3) is 0.429. The van der Waals surface area contributed by atoms with Gasteiger partial charge in [0.2, 0.25) is 0 Å². The molecule has 0 bridgehead atoms. The van der Waals surface area contributed by atoms with E-state index < -0.39 is 6.10 Å². The Kier molecular flexibility index (Phi) is 2.88. The molecule has 0 radical (unpaired) electrons. The number of fused-ring (bicyclic) bond motifs is 1. The quantitative estimate of drug-likeness (QED) is 0.895. The minimum atomic E-state index is -0.633. The summed E-state index contributed by atoms with van der Waals surface area (Å²) in [6, 6.07) is 6.28. The Balaban J connectivity index is 1.95. The molecule has 4 nitrogen and oxygen atoms in total. The van der Waals surface area contributed by atoms with Crippen molar-refractivity contribution < 1.29 is 5.11 Å². The lowest BCUT2D eigenvalue weighted by Crippen LogP contribution is -2.09. The normalized spacial score (nSPS) is 15.7. The number of aromatic nitrogens is 3. The Morgan fingerprint density at radius 1 is 1.33 bits per heavy atom. The van der Waals surface area contributed by atoms with Crippen molar-refractivity contribution in [1.82, 2.24) is 15.0 Å². The van der Waals surface area contributed by atoms with Crippen molar-refractivity contribution in [3.05, 3.63) is 46.8 Å². The van der Waals surface area contributed by atoms with Crippen LogP contribution in [0, 0.1) is 0 Å². The third-order valence-electron chi connectivity index (χ3n) is 3.67. The zero-order valence-corrected chi connectivity index (χ0v) is 10.5. The van der Waals surface area contributed by atoms with Crippen LogP contribution in [0.3, 0.4) is 0 Å². The van der Waals surface area contributed by atoms with Crippen molar-refractivity contribution >= 4 is 0 Å². The van der Waals surface area contributed by atoms with Gasteiger partial charge in [0.1, 0.15) is 6.10 Å². The molecule has 0 aliphatic heterocycles. The molecule has 2 aromatic rings. The van der Waals surface area contributed by atoms with Crippen molar-refractivity contribution in [3.8, 4) is 0 Å². The topological polar surface area (TPSA) is 50.9 Å². The molecular weight excluding hydrogens is 226 g/mol. The van der Waals surface area contributed by atoms with E-state index in [9.17, 15) is 5.11 Å². The molecule has 1 aliphatic carbocycles. The highest BCUT2D eigenvalue weighted by Gasteiger charge is 2.18. The lowest BCUT2D eigenvalue weighted by atomic mass is 10.0. The third kappa shape index (κ3) is 1.82. The van der Waals surface area contributed by atoms with E-state index in [-0.39, 0.29) is 0 Å². The van der Waals surface area contributed by atoms with Gasteiger partial charge in [-0.3, -0.25) is 0 Å². The van der Waals surface area contributed by atoms with Gasteiger partial charge in [-0.15, -0.1) is 5.10 Å². The molecule has 4 heteroatoms. The van der Waals surface area contributed by atoms with Gasteiger partial charge in [0.05, 0.1) is 11.9 Å². The van der Waals surface area contributed by atoms with Crippen LogP contribution < -0.4 is 0 Å². The summed E-state index contributed by atoms with van der Waals surface area (Å²) in [7, 11) is 0. The van der Waals surface area contributed by atoms with Crippen LogP contribution in [0.4, 0.5) is 0 Å². The zero-order chi connectivity index (χ0) is 12.5. The predicted octanol–water partition coefficient (Wildman–Crippen LogP) is 1.87. The van der Waals surface area contributed by atoms with Gasteiger partial charge < -0.3 is 5.11 Å². The lowest BCUT2D eigenvalue weighted by molar-refractivity contribution is 0.208. The summed E-state index contributed by atoms with van der Waals surface area (Å²) in [5.74, 6) is 0. The van der Waals surface area contributed by atoms with Gasteiger partial charge in [-0.05, 0) is 42.9 Å². The Morgan fingerprint density at radius 2 is 2.17 bits per heavy atom. The number of rotatable bonds is 3. The Bertz CT molecular complexity index is 562. The molecule has 1 heterocycles. The minimum Gasteiger partial charge on any atom is -0.382 e. The summed E-state index contributed by atoms with van der Waals surface area (Å²) >= 11 is 0. The number of nitrogens with zero attached hydrogens (tertiary/aromatic N) is 3. The van der Waals surface area contributed by atoms with E-state index in [1.165, 1.54) is 24.0 Å². The van der Waals surface area contributed by atoms with Gasteiger partial charge in [0.25, 0.3) is 0 Å². The van der Waals surface area contributed by atoms with E-state index in [1.54, 1.807) is 10.9 Å². The maximum absolute atomic E-state index is 10.4. The average molecular weight is 243 g/mol. The largest absolute Gasteiger partial charge is 0.382 e. The maximum atomic E-state index is 10.4. The third-order valence-corrected chi connectivity index (χ3v) is 3.67. The maximum Gasteiger partial charge on any atom is 0.122 e. The number of benzene rings is 1. The molecule has 1 aromatic heterocycles. The van der Waals surface area contributed by atoms with Crippen LogP contribution in [0.15, 0.2) is 24.4 Å². The van der Waals surface area contributed by atoms with E-state index in [0.29, 0.717) is 0 Å². The fourth-order valence-corrected chi connectivity index (χ4v) is 2.66. The van der Waals surface area contributed by atoms with Crippen molar-refractivity contribution in [2.75, 3.05) is 0 Å². The Labute approximate surface area is 106 Å². The molecule has 0 saturated heterocycles. The standard InChI is InChI=1S/C14H17N3O/c1-2-17-13(9-15-16-17)14(18)12-7-6-10-4-3-5-11(10)8-12/h6-9,14,18H,2-5H2,1H3. The summed E-state index contributed by atoms with van der Waals surface area (Å²) in [4.78, 5) is 0. The molecule has 0 spiro atoms. The van der Waals surface area contributed by atoms with Gasteiger partial charge >= 0.3 is 0 Å². The van der Waals surface area contributed by atoms with Gasteiger partial charge in [0, 0.05) is 6.54 Å². The van der Waals surface area contributed by atoms with E-state index in [2.05, 4.69) is 22.4 Å². The first-order valence-corrected chi connectivity index (χ1v) is 6.47. The number of aliphatic hydroxyl groups excluding tert-OH is 1. The van der Waals surface area contributed by atoms with Gasteiger partial charge in [0.15, 0.2) is 0 Å². The fourth-order valence-electron chi connectivity index (χ4n) is 2.66. The minimum absolute atomic E-state index is 0.633. The molecule has 1 N–H and O–H groups in total. The SMILES string of the molecule is CCn1nncc1C(O)c1ccc2c(c1)CCC2. The van der Waals surface area contributed by atoms with Crippen LogP contribution in [-0.2, 0) is 19.4 Å². The van der Waals surface area contributed by atoms with Crippen molar-refractivity contribution in [1.29, 1.82) is 0 Å². The van der Waals surface area contributed by atoms with E-state index in [4.69, 9.17) is 0 Å². The van der Waals surface area contributed by atoms with Crippen LogP contribution in [0.2, 0.25) is 0 Å². The van der Waals surface area contributed by atoms with E-state index in [1.807, 2.05) is 13.0 Å². The molecule has 0 fully saturated rings. The zero-order valence-electron chi connectivity index (χ0n) is 10.5. The van der Waals surface area contributed by atoms with Crippen LogP contribution in [-0.4, -0.2) is 20.1 Å². The molecule has 0 amide bonds. The first kappa shape index (κ1) is 11.4. The second-order valence-corrected chi connectivity index (χ2v) is 4.76. The molecule has 18 heavy (non-hydrogen) atoms. The summed E-state index contributed by atoms with van der Waals surface area (Å²) < 4.78 is 1.73. The molecule has 3 rings (SSSR count). The smallest absolute Gasteiger partial charge is 0.122 e. The summed E-state index contributed by atoms with van der Waals surface area (Å²) in [6.07, 6.45) is 4.53. The summed E-state index contributed by atoms with van der Waals surface area (Å²) in [5.41, 5.74) is 4.50. The number of aryl methyl sites for hydroxylation is 3. The molecule has 94 valence electrons. The van der Waals surface area contributed by atoms with Gasteiger partial charge in [-0.25, -0.2) is 4.68 Å². The second kappa shape index (κ2) is 4.53. The summed E-state index contributed by atoms with van der Waals surface area (Å²) in [6.45, 7) is 2.71. The van der Waals surface area contributed by atoms with E-state index >= 15 is 0 Å². The molecular formula is C14H17N3O. The van der Waals surface area contributed by atoms with Crippen LogP contribution in [0.25, 0.3) is 0 Å². The van der Waals surface area contributed by atoms with Gasteiger partial charge in [-0.1, -0.05) is 23.4 Å². The highest BCUT2D eigenvalue weighted by Crippen LogP contribution is 2.28. The van der Waals surface area contributed by atoms with Crippen LogP contribution in [0.1, 0.15) is 41.8 Å². The Hall–Kier alpha value is -1.68. The number of hydrogen-bond acceptors (Lipinski definition) is 3. The highest BCUT2D eigenvalue weighted by atomic mass is 16.3. The molecule has 1 aliphatic rings. The predicted molar refractivity (Wildman–Crippen MR) is 68.2 cm³/mol. The van der Waals surface area contributed by atoms with Crippen LogP contribution in [0.5, 0.6) is 0 Å². The van der Waals surface area contributed by atoms with Crippen molar-refractivity contribution in [3.63, 3.8) is 0 Å². The molecule has 1 unspecified atom stereocenters.